The molecule has 0 aliphatic carbocycles. The smallest absolute Gasteiger partial charge is 0.328 e. The summed E-state index contributed by atoms with van der Waals surface area (Å²) in [5, 5.41) is 0. The SMILES string of the molecule is CCCC[CH-]CC(CCCC)C(C)C.[K+]. The molecule has 0 rings (SSSR count). The van der Waals surface area contributed by atoms with Crippen molar-refractivity contribution >= 4 is 0 Å². The maximum absolute atomic E-state index is 2.52. The molecule has 0 N–H and O–H groups in total. The molecule has 1 heteroatoms. The zero-order valence-electron chi connectivity index (χ0n) is 11.7. The molecule has 0 aliphatic rings. The Balaban J connectivity index is 0. The summed E-state index contributed by atoms with van der Waals surface area (Å²) in [6, 6.07) is 0. The molecule has 0 aromatic heterocycles. The van der Waals surface area contributed by atoms with Crippen molar-refractivity contribution in [3.8, 4) is 0 Å². The maximum atomic E-state index is 2.52. The van der Waals surface area contributed by atoms with E-state index in [9.17, 15) is 0 Å². The van der Waals surface area contributed by atoms with Crippen LogP contribution in [0.25, 0.3) is 0 Å². The summed E-state index contributed by atoms with van der Waals surface area (Å²) in [4.78, 5) is 0. The van der Waals surface area contributed by atoms with Gasteiger partial charge in [-0.15, -0.1) is 0 Å². The molecule has 0 bridgehead atoms. The summed E-state index contributed by atoms with van der Waals surface area (Å²) in [7, 11) is 0. The van der Waals surface area contributed by atoms with Crippen LogP contribution >= 0.6 is 0 Å². The van der Waals surface area contributed by atoms with Gasteiger partial charge in [-0.1, -0.05) is 65.7 Å². The van der Waals surface area contributed by atoms with Crippen LogP contribution in [0.5, 0.6) is 0 Å². The quantitative estimate of drug-likeness (QED) is 0.327. The van der Waals surface area contributed by atoms with E-state index in [2.05, 4.69) is 34.1 Å². The predicted molar refractivity (Wildman–Crippen MR) is 66.3 cm³/mol. The summed E-state index contributed by atoms with van der Waals surface area (Å²) < 4.78 is 0. The molecule has 0 saturated heterocycles. The van der Waals surface area contributed by atoms with Crippen LogP contribution in [0.2, 0.25) is 0 Å². The van der Waals surface area contributed by atoms with E-state index in [4.69, 9.17) is 0 Å². The predicted octanol–water partition coefficient (Wildman–Crippen LogP) is 2.24. The first-order valence-corrected chi connectivity index (χ1v) is 6.54. The van der Waals surface area contributed by atoms with Gasteiger partial charge in [-0.3, -0.25) is 0 Å². The molecule has 15 heavy (non-hydrogen) atoms. The van der Waals surface area contributed by atoms with Crippen molar-refractivity contribution in [3.05, 3.63) is 6.42 Å². The van der Waals surface area contributed by atoms with Gasteiger partial charge in [-0.25, -0.2) is 0 Å². The minimum atomic E-state index is 0. The van der Waals surface area contributed by atoms with Crippen molar-refractivity contribution in [2.45, 2.75) is 72.6 Å². The van der Waals surface area contributed by atoms with Gasteiger partial charge >= 0.3 is 51.4 Å². The van der Waals surface area contributed by atoms with Gasteiger partial charge in [0.1, 0.15) is 0 Å². The minimum Gasteiger partial charge on any atom is -0.328 e. The first-order valence-electron chi connectivity index (χ1n) is 6.54. The fraction of sp³-hybridized carbons (Fsp3) is 0.929. The van der Waals surface area contributed by atoms with E-state index in [1.54, 1.807) is 0 Å². The number of rotatable bonds is 9. The molecule has 0 aromatic rings. The second kappa shape index (κ2) is 13.7. The topological polar surface area (TPSA) is 0 Å². The van der Waals surface area contributed by atoms with E-state index in [1.807, 2.05) is 0 Å². The van der Waals surface area contributed by atoms with Gasteiger partial charge in [0.25, 0.3) is 0 Å². The average molecular weight is 236 g/mol. The number of unbranched alkanes of at least 4 members (excludes halogenated alkanes) is 4. The average Bonchev–Trinajstić information content (AvgIpc) is 2.16. The first-order chi connectivity index (χ1) is 6.72. The molecule has 0 fully saturated rings. The van der Waals surface area contributed by atoms with Gasteiger partial charge in [-0.2, -0.15) is 12.8 Å². The summed E-state index contributed by atoms with van der Waals surface area (Å²) in [6.45, 7) is 9.30. The van der Waals surface area contributed by atoms with Gasteiger partial charge in [0.15, 0.2) is 0 Å². The van der Waals surface area contributed by atoms with Crippen molar-refractivity contribution in [2.75, 3.05) is 0 Å². The molecule has 0 heterocycles. The van der Waals surface area contributed by atoms with Crippen LogP contribution in [0.4, 0.5) is 0 Å². The maximum Gasteiger partial charge on any atom is 1.00 e. The van der Waals surface area contributed by atoms with Crippen molar-refractivity contribution in [2.24, 2.45) is 11.8 Å². The fourth-order valence-electron chi connectivity index (χ4n) is 1.87. The molecule has 0 amide bonds. The minimum absolute atomic E-state index is 0. The summed E-state index contributed by atoms with van der Waals surface area (Å²) >= 11 is 0. The largest absolute Gasteiger partial charge is 1.00 e. The van der Waals surface area contributed by atoms with Crippen LogP contribution in [-0.2, 0) is 0 Å². The molecule has 0 aromatic carbocycles. The van der Waals surface area contributed by atoms with E-state index in [0.29, 0.717) is 0 Å². The molecule has 86 valence electrons. The number of hydrogen-bond acceptors (Lipinski definition) is 0. The Kier molecular flexibility index (Phi) is 17.3. The third kappa shape index (κ3) is 11.9. The van der Waals surface area contributed by atoms with E-state index in [0.717, 1.165) is 11.8 Å². The van der Waals surface area contributed by atoms with Crippen molar-refractivity contribution < 1.29 is 51.4 Å². The molecule has 0 aliphatic heterocycles. The molecule has 0 nitrogen and oxygen atoms in total. The Morgan fingerprint density at radius 1 is 1.00 bits per heavy atom. The van der Waals surface area contributed by atoms with Crippen LogP contribution in [0.1, 0.15) is 72.6 Å². The Hall–Kier alpha value is 1.64. The number of hydrogen-bond donors (Lipinski definition) is 0. The Labute approximate surface area is 140 Å². The Bertz CT molecular complexity index is 110. The monoisotopic (exact) mass is 236 g/mol. The van der Waals surface area contributed by atoms with Gasteiger partial charge < -0.3 is 6.42 Å². The molecule has 0 radical (unpaired) electrons. The van der Waals surface area contributed by atoms with Gasteiger partial charge in [0, 0.05) is 0 Å². The molecular formula is C14H29K. The summed E-state index contributed by atoms with van der Waals surface area (Å²) in [6.07, 6.45) is 12.1. The second-order valence-electron chi connectivity index (χ2n) is 4.81. The van der Waals surface area contributed by atoms with Crippen molar-refractivity contribution in [1.82, 2.24) is 0 Å². The standard InChI is InChI=1S/C14H29.K/c1-5-7-9-10-12-14(13(3)4)11-8-6-2;/h10,13-14H,5-9,11-12H2,1-4H3;/q-1;+1. The van der Waals surface area contributed by atoms with Crippen LogP contribution in [0.15, 0.2) is 0 Å². The third-order valence-corrected chi connectivity index (χ3v) is 3.10. The Morgan fingerprint density at radius 3 is 2.07 bits per heavy atom. The van der Waals surface area contributed by atoms with Crippen LogP contribution < -0.4 is 51.4 Å². The van der Waals surface area contributed by atoms with E-state index in [1.165, 1.54) is 44.9 Å². The van der Waals surface area contributed by atoms with Crippen LogP contribution in [-0.4, -0.2) is 0 Å². The van der Waals surface area contributed by atoms with E-state index in [-0.39, 0.29) is 51.4 Å². The van der Waals surface area contributed by atoms with Crippen LogP contribution in [0.3, 0.4) is 0 Å². The molecule has 0 spiro atoms. The summed E-state index contributed by atoms with van der Waals surface area (Å²) in [5.74, 6) is 1.80. The van der Waals surface area contributed by atoms with E-state index < -0.39 is 0 Å². The first kappa shape index (κ1) is 19.0. The van der Waals surface area contributed by atoms with Gasteiger partial charge in [0.2, 0.25) is 0 Å². The second-order valence-corrected chi connectivity index (χ2v) is 4.81. The van der Waals surface area contributed by atoms with Gasteiger partial charge in [0.05, 0.1) is 0 Å². The molecule has 1 atom stereocenters. The van der Waals surface area contributed by atoms with Crippen molar-refractivity contribution in [3.63, 3.8) is 0 Å². The van der Waals surface area contributed by atoms with Crippen LogP contribution in [0, 0.1) is 18.3 Å². The fourth-order valence-corrected chi connectivity index (χ4v) is 1.87. The van der Waals surface area contributed by atoms with E-state index >= 15 is 0 Å². The zero-order chi connectivity index (χ0) is 10.8. The molecule has 0 saturated carbocycles. The third-order valence-electron chi connectivity index (χ3n) is 3.10. The summed E-state index contributed by atoms with van der Waals surface area (Å²) in [5.41, 5.74) is 0. The Morgan fingerprint density at radius 2 is 1.60 bits per heavy atom. The van der Waals surface area contributed by atoms with Crippen molar-refractivity contribution in [1.29, 1.82) is 0 Å². The molecular weight excluding hydrogens is 207 g/mol. The molecule has 1 unspecified atom stereocenters. The van der Waals surface area contributed by atoms with Gasteiger partial charge in [-0.05, 0) is 5.92 Å². The zero-order valence-corrected chi connectivity index (χ0v) is 14.8. The normalized spacial score (nSPS) is 12.6.